The molecule has 0 atom stereocenters. The van der Waals surface area contributed by atoms with Gasteiger partial charge in [0.2, 0.25) is 0 Å². The van der Waals surface area contributed by atoms with E-state index in [2.05, 4.69) is 50.3 Å². The van der Waals surface area contributed by atoms with E-state index in [0.717, 1.165) is 5.75 Å². The number of allylic oxidation sites excluding steroid dienone is 1. The Labute approximate surface area is 96.4 Å². The van der Waals surface area contributed by atoms with Crippen LogP contribution in [-0.4, -0.2) is 7.11 Å². The van der Waals surface area contributed by atoms with Gasteiger partial charge in [-0.15, -0.1) is 0 Å². The summed E-state index contributed by atoms with van der Waals surface area (Å²) in [4.78, 5) is 0. The molecule has 0 bridgehead atoms. The van der Waals surface area contributed by atoms with Gasteiger partial charge in [0, 0.05) is 0 Å². The summed E-state index contributed by atoms with van der Waals surface area (Å²) in [5, 5.41) is 2.46. The maximum absolute atomic E-state index is 5.21. The summed E-state index contributed by atoms with van der Waals surface area (Å²) in [7, 11) is 1.69. The third kappa shape index (κ3) is 2.25. The molecule has 82 valence electrons. The zero-order chi connectivity index (χ0) is 11.5. The van der Waals surface area contributed by atoms with Gasteiger partial charge in [0.15, 0.2) is 0 Å². The maximum atomic E-state index is 5.21. The lowest BCUT2D eigenvalue weighted by Crippen LogP contribution is -1.82. The van der Waals surface area contributed by atoms with Crippen LogP contribution in [0.25, 0.3) is 16.8 Å². The number of ether oxygens (including phenoxy) is 1. The van der Waals surface area contributed by atoms with Gasteiger partial charge in [0.05, 0.1) is 7.11 Å². The van der Waals surface area contributed by atoms with Gasteiger partial charge in [-0.2, -0.15) is 0 Å². The van der Waals surface area contributed by atoms with E-state index in [-0.39, 0.29) is 0 Å². The second-order valence-electron chi connectivity index (χ2n) is 4.19. The van der Waals surface area contributed by atoms with Gasteiger partial charge in [0.25, 0.3) is 0 Å². The Morgan fingerprint density at radius 1 is 1.00 bits per heavy atom. The fraction of sp³-hybridized carbons (Fsp3) is 0.200. The molecule has 2 aromatic carbocycles. The molecular formula is C15H16O. The Morgan fingerprint density at radius 3 is 2.38 bits per heavy atom. The summed E-state index contributed by atoms with van der Waals surface area (Å²) in [5.74, 6) is 0.905. The highest BCUT2D eigenvalue weighted by molar-refractivity contribution is 5.86. The summed E-state index contributed by atoms with van der Waals surface area (Å²) in [6.45, 7) is 4.22. The van der Waals surface area contributed by atoms with Crippen LogP contribution < -0.4 is 4.74 Å². The maximum Gasteiger partial charge on any atom is 0.119 e. The molecule has 0 fully saturated rings. The number of hydrogen-bond donors (Lipinski definition) is 0. The van der Waals surface area contributed by atoms with Crippen molar-refractivity contribution in [2.75, 3.05) is 7.11 Å². The molecule has 2 aromatic rings. The Kier molecular flexibility index (Phi) is 2.95. The van der Waals surface area contributed by atoms with Crippen LogP contribution >= 0.6 is 0 Å². The van der Waals surface area contributed by atoms with Crippen LogP contribution in [0.5, 0.6) is 5.75 Å². The van der Waals surface area contributed by atoms with Crippen molar-refractivity contribution in [3.8, 4) is 5.75 Å². The van der Waals surface area contributed by atoms with Crippen LogP contribution in [0.4, 0.5) is 0 Å². The standard InChI is InChI=1S/C15H16O/c1-11(2)8-12-4-5-14-10-15(16-3)7-6-13(14)9-12/h4-10H,1-3H3. The Bertz CT molecular complexity index is 534. The first kappa shape index (κ1) is 10.7. The van der Waals surface area contributed by atoms with Crippen LogP contribution in [0.15, 0.2) is 42.0 Å². The molecule has 0 saturated carbocycles. The van der Waals surface area contributed by atoms with E-state index in [1.54, 1.807) is 7.11 Å². The monoisotopic (exact) mass is 212 g/mol. The summed E-state index contributed by atoms with van der Waals surface area (Å²) >= 11 is 0. The average molecular weight is 212 g/mol. The minimum atomic E-state index is 0.905. The minimum Gasteiger partial charge on any atom is -0.497 e. The number of methoxy groups -OCH3 is 1. The predicted molar refractivity (Wildman–Crippen MR) is 69.8 cm³/mol. The lowest BCUT2D eigenvalue weighted by atomic mass is 10.1. The van der Waals surface area contributed by atoms with Crippen molar-refractivity contribution in [3.05, 3.63) is 47.5 Å². The molecule has 0 saturated heterocycles. The van der Waals surface area contributed by atoms with Crippen LogP contribution in [0.1, 0.15) is 19.4 Å². The lowest BCUT2D eigenvalue weighted by Gasteiger charge is -2.03. The number of fused-ring (bicyclic) bond motifs is 1. The fourth-order valence-corrected chi connectivity index (χ4v) is 1.79. The molecule has 0 aliphatic rings. The third-order valence-electron chi connectivity index (χ3n) is 2.53. The van der Waals surface area contributed by atoms with E-state index in [9.17, 15) is 0 Å². The lowest BCUT2D eigenvalue weighted by molar-refractivity contribution is 0.415. The summed E-state index contributed by atoms with van der Waals surface area (Å²) in [5.41, 5.74) is 2.56. The molecule has 1 heteroatoms. The van der Waals surface area contributed by atoms with E-state index in [1.807, 2.05) is 6.07 Å². The van der Waals surface area contributed by atoms with E-state index in [4.69, 9.17) is 4.74 Å². The largest absolute Gasteiger partial charge is 0.497 e. The van der Waals surface area contributed by atoms with Gasteiger partial charge < -0.3 is 4.74 Å². The Balaban J connectivity index is 2.51. The highest BCUT2D eigenvalue weighted by Gasteiger charge is 1.97. The molecule has 0 heterocycles. The van der Waals surface area contributed by atoms with Gasteiger partial charge in [-0.25, -0.2) is 0 Å². The molecule has 0 aromatic heterocycles. The number of hydrogen-bond acceptors (Lipinski definition) is 1. The van der Waals surface area contributed by atoms with Crippen molar-refractivity contribution >= 4 is 16.8 Å². The molecule has 16 heavy (non-hydrogen) atoms. The molecular weight excluding hydrogens is 196 g/mol. The SMILES string of the molecule is COc1ccc2cc(C=C(C)C)ccc2c1. The van der Waals surface area contributed by atoms with Crippen molar-refractivity contribution in [2.24, 2.45) is 0 Å². The van der Waals surface area contributed by atoms with E-state index < -0.39 is 0 Å². The summed E-state index contributed by atoms with van der Waals surface area (Å²) < 4.78 is 5.21. The van der Waals surface area contributed by atoms with E-state index >= 15 is 0 Å². The first-order valence-electron chi connectivity index (χ1n) is 5.42. The topological polar surface area (TPSA) is 9.23 Å². The van der Waals surface area contributed by atoms with Crippen LogP contribution in [0.2, 0.25) is 0 Å². The zero-order valence-corrected chi connectivity index (χ0v) is 9.95. The second-order valence-corrected chi connectivity index (χ2v) is 4.19. The van der Waals surface area contributed by atoms with Crippen molar-refractivity contribution in [1.82, 2.24) is 0 Å². The highest BCUT2D eigenvalue weighted by atomic mass is 16.5. The molecule has 2 rings (SSSR count). The number of rotatable bonds is 2. The quantitative estimate of drug-likeness (QED) is 0.722. The first-order valence-corrected chi connectivity index (χ1v) is 5.42. The van der Waals surface area contributed by atoms with Gasteiger partial charge in [0.1, 0.15) is 5.75 Å². The molecule has 0 aliphatic carbocycles. The molecule has 0 radical (unpaired) electrons. The molecule has 0 unspecified atom stereocenters. The normalized spacial score (nSPS) is 10.2. The smallest absolute Gasteiger partial charge is 0.119 e. The second kappa shape index (κ2) is 4.40. The zero-order valence-electron chi connectivity index (χ0n) is 9.95. The molecule has 1 nitrogen and oxygen atoms in total. The van der Waals surface area contributed by atoms with Crippen LogP contribution in [0.3, 0.4) is 0 Å². The summed E-state index contributed by atoms with van der Waals surface area (Å²) in [6.07, 6.45) is 2.18. The molecule has 0 amide bonds. The van der Waals surface area contributed by atoms with Crippen molar-refractivity contribution in [1.29, 1.82) is 0 Å². The molecule has 0 aliphatic heterocycles. The van der Waals surface area contributed by atoms with E-state index in [0.29, 0.717) is 0 Å². The van der Waals surface area contributed by atoms with Gasteiger partial charge >= 0.3 is 0 Å². The van der Waals surface area contributed by atoms with Crippen LogP contribution in [0, 0.1) is 0 Å². The third-order valence-corrected chi connectivity index (χ3v) is 2.53. The molecule has 0 spiro atoms. The van der Waals surface area contributed by atoms with E-state index in [1.165, 1.54) is 21.9 Å². The summed E-state index contributed by atoms with van der Waals surface area (Å²) in [6, 6.07) is 12.6. The van der Waals surface area contributed by atoms with Gasteiger partial charge in [-0.1, -0.05) is 29.8 Å². The fourth-order valence-electron chi connectivity index (χ4n) is 1.79. The van der Waals surface area contributed by atoms with Crippen molar-refractivity contribution in [3.63, 3.8) is 0 Å². The number of benzene rings is 2. The average Bonchev–Trinajstić information content (AvgIpc) is 2.27. The minimum absolute atomic E-state index is 0.905. The Hall–Kier alpha value is -1.76. The molecule has 0 N–H and O–H groups in total. The van der Waals surface area contributed by atoms with Crippen molar-refractivity contribution in [2.45, 2.75) is 13.8 Å². The van der Waals surface area contributed by atoms with Gasteiger partial charge in [-0.05, 0) is 48.4 Å². The highest BCUT2D eigenvalue weighted by Crippen LogP contribution is 2.22. The Morgan fingerprint density at radius 2 is 1.69 bits per heavy atom. The van der Waals surface area contributed by atoms with Gasteiger partial charge in [-0.3, -0.25) is 0 Å². The predicted octanol–water partition coefficient (Wildman–Crippen LogP) is 4.27. The van der Waals surface area contributed by atoms with Crippen LogP contribution in [-0.2, 0) is 0 Å². The van der Waals surface area contributed by atoms with Crippen molar-refractivity contribution < 1.29 is 4.74 Å². The first-order chi connectivity index (χ1) is 7.69.